The number of phenolic OH excluding ortho intramolecular Hbond substituents is 1. The molecule has 0 aliphatic heterocycles. The van der Waals surface area contributed by atoms with Crippen molar-refractivity contribution in [1.82, 2.24) is 0 Å². The molecule has 0 atom stereocenters. The van der Waals surface area contributed by atoms with E-state index in [9.17, 15) is 9.18 Å². The summed E-state index contributed by atoms with van der Waals surface area (Å²) in [5.41, 5.74) is 0.141. The van der Waals surface area contributed by atoms with E-state index < -0.39 is 11.7 Å². The van der Waals surface area contributed by atoms with Crippen LogP contribution in [0.1, 0.15) is 10.4 Å². The molecule has 0 unspecified atom stereocenters. The first-order valence-corrected chi connectivity index (χ1v) is 6.02. The highest BCUT2D eigenvalue weighted by molar-refractivity contribution is 6.31. The molecule has 4 nitrogen and oxygen atoms in total. The predicted molar refractivity (Wildman–Crippen MR) is 74.0 cm³/mol. The highest BCUT2D eigenvalue weighted by Gasteiger charge is 2.14. The van der Waals surface area contributed by atoms with E-state index in [0.29, 0.717) is 16.5 Å². The first-order chi connectivity index (χ1) is 9.51. The fraction of sp³-hybridized carbons (Fsp3) is 0.0714. The van der Waals surface area contributed by atoms with Gasteiger partial charge in [0, 0.05) is 11.1 Å². The smallest absolute Gasteiger partial charge is 0.258 e. The van der Waals surface area contributed by atoms with E-state index in [1.165, 1.54) is 25.3 Å². The molecule has 0 aromatic heterocycles. The Bertz CT molecular complexity index is 661. The van der Waals surface area contributed by atoms with Crippen LogP contribution in [0.15, 0.2) is 36.4 Å². The van der Waals surface area contributed by atoms with Crippen LogP contribution in [0.3, 0.4) is 0 Å². The Morgan fingerprint density at radius 1 is 1.30 bits per heavy atom. The lowest BCUT2D eigenvalue weighted by atomic mass is 10.2. The van der Waals surface area contributed by atoms with E-state index in [1.807, 2.05) is 0 Å². The summed E-state index contributed by atoms with van der Waals surface area (Å²) in [7, 11) is 1.44. The lowest BCUT2D eigenvalue weighted by Gasteiger charge is -2.11. The molecule has 2 aromatic rings. The van der Waals surface area contributed by atoms with Gasteiger partial charge in [-0.15, -0.1) is 0 Å². The van der Waals surface area contributed by atoms with Gasteiger partial charge in [0.2, 0.25) is 0 Å². The second-order valence-electron chi connectivity index (χ2n) is 3.96. The van der Waals surface area contributed by atoms with Crippen LogP contribution in [-0.4, -0.2) is 18.1 Å². The molecule has 104 valence electrons. The van der Waals surface area contributed by atoms with Crippen LogP contribution in [0.25, 0.3) is 0 Å². The number of anilines is 1. The normalized spacial score (nSPS) is 10.2. The number of methoxy groups -OCH3 is 1. The van der Waals surface area contributed by atoms with Crippen molar-refractivity contribution in [3.05, 3.63) is 52.8 Å². The van der Waals surface area contributed by atoms with Crippen molar-refractivity contribution in [3.8, 4) is 11.5 Å². The molecule has 0 spiro atoms. The molecule has 0 radical (unpaired) electrons. The Morgan fingerprint density at radius 3 is 2.70 bits per heavy atom. The molecule has 0 saturated heterocycles. The number of amides is 1. The Labute approximate surface area is 119 Å². The molecule has 20 heavy (non-hydrogen) atoms. The minimum atomic E-state index is -0.816. The fourth-order valence-electron chi connectivity index (χ4n) is 1.66. The first-order valence-electron chi connectivity index (χ1n) is 5.64. The van der Waals surface area contributed by atoms with Gasteiger partial charge in [-0.05, 0) is 30.3 Å². The lowest BCUT2D eigenvalue weighted by Crippen LogP contribution is -2.14. The topological polar surface area (TPSA) is 58.6 Å². The number of phenols is 1. The van der Waals surface area contributed by atoms with E-state index >= 15 is 0 Å². The van der Waals surface area contributed by atoms with Gasteiger partial charge < -0.3 is 15.2 Å². The van der Waals surface area contributed by atoms with Gasteiger partial charge in [-0.1, -0.05) is 11.6 Å². The van der Waals surface area contributed by atoms with E-state index in [0.717, 1.165) is 6.07 Å². The molecule has 2 N–H and O–H groups in total. The molecule has 0 saturated carbocycles. The first kappa shape index (κ1) is 14.1. The molecule has 0 aliphatic rings. The number of hydrogen-bond donors (Lipinski definition) is 2. The SMILES string of the molecule is COc1ccc(Cl)cc1NC(=O)c1ccc(O)cc1F. The molecule has 6 heteroatoms. The van der Waals surface area contributed by atoms with Crippen LogP contribution in [-0.2, 0) is 0 Å². The number of hydrogen-bond acceptors (Lipinski definition) is 3. The molecule has 2 aromatic carbocycles. The van der Waals surface area contributed by atoms with E-state index in [4.69, 9.17) is 21.4 Å². The van der Waals surface area contributed by atoms with Gasteiger partial charge in [0.05, 0.1) is 18.4 Å². The van der Waals surface area contributed by atoms with Crippen LogP contribution in [0.4, 0.5) is 10.1 Å². The number of nitrogens with one attached hydrogen (secondary N) is 1. The van der Waals surface area contributed by atoms with Crippen molar-refractivity contribution < 1.29 is 19.0 Å². The lowest BCUT2D eigenvalue weighted by molar-refractivity contribution is 0.102. The maximum Gasteiger partial charge on any atom is 0.258 e. The van der Waals surface area contributed by atoms with Crippen molar-refractivity contribution >= 4 is 23.2 Å². The van der Waals surface area contributed by atoms with Crippen molar-refractivity contribution in [3.63, 3.8) is 0 Å². The molecule has 2 rings (SSSR count). The quantitative estimate of drug-likeness (QED) is 0.912. The highest BCUT2D eigenvalue weighted by atomic mass is 35.5. The number of carbonyl (C=O) groups excluding carboxylic acids is 1. The number of ether oxygens (including phenoxy) is 1. The van der Waals surface area contributed by atoms with Crippen LogP contribution in [0.2, 0.25) is 5.02 Å². The second kappa shape index (κ2) is 5.79. The molecule has 1 amide bonds. The summed E-state index contributed by atoms with van der Waals surface area (Å²) in [5.74, 6) is -1.33. The number of aromatic hydroxyl groups is 1. The van der Waals surface area contributed by atoms with Crippen LogP contribution >= 0.6 is 11.6 Å². The fourth-order valence-corrected chi connectivity index (χ4v) is 1.83. The standard InChI is InChI=1S/C14H11ClFNO3/c1-20-13-5-2-8(15)6-12(13)17-14(19)10-4-3-9(18)7-11(10)16/h2-7,18H,1H3,(H,17,19). The van der Waals surface area contributed by atoms with Gasteiger partial charge in [-0.3, -0.25) is 4.79 Å². The zero-order valence-corrected chi connectivity index (χ0v) is 11.2. The summed E-state index contributed by atoms with van der Waals surface area (Å²) in [4.78, 5) is 12.0. The summed E-state index contributed by atoms with van der Waals surface area (Å²) in [6, 6.07) is 7.98. The van der Waals surface area contributed by atoms with Gasteiger partial charge in [0.1, 0.15) is 17.3 Å². The molecule has 0 heterocycles. The number of rotatable bonds is 3. The largest absolute Gasteiger partial charge is 0.508 e. The van der Waals surface area contributed by atoms with E-state index in [-0.39, 0.29) is 11.3 Å². The van der Waals surface area contributed by atoms with Crippen LogP contribution in [0, 0.1) is 5.82 Å². The van der Waals surface area contributed by atoms with Crippen LogP contribution in [0.5, 0.6) is 11.5 Å². The van der Waals surface area contributed by atoms with Gasteiger partial charge in [0.15, 0.2) is 0 Å². The van der Waals surface area contributed by atoms with Crippen molar-refractivity contribution in [2.24, 2.45) is 0 Å². The monoisotopic (exact) mass is 295 g/mol. The maximum atomic E-state index is 13.6. The molecule has 0 bridgehead atoms. The average molecular weight is 296 g/mol. The van der Waals surface area contributed by atoms with E-state index in [2.05, 4.69) is 5.32 Å². The Morgan fingerprint density at radius 2 is 2.05 bits per heavy atom. The Kier molecular flexibility index (Phi) is 4.10. The predicted octanol–water partition coefficient (Wildman–Crippen LogP) is 3.45. The minimum absolute atomic E-state index is 0.190. The number of benzene rings is 2. The van der Waals surface area contributed by atoms with Crippen molar-refractivity contribution in [2.45, 2.75) is 0 Å². The third-order valence-corrected chi connectivity index (χ3v) is 2.84. The third-order valence-electron chi connectivity index (χ3n) is 2.61. The zero-order valence-electron chi connectivity index (χ0n) is 10.5. The van der Waals surface area contributed by atoms with Gasteiger partial charge in [0.25, 0.3) is 5.91 Å². The van der Waals surface area contributed by atoms with Gasteiger partial charge in [-0.2, -0.15) is 0 Å². The molecule has 0 fully saturated rings. The maximum absolute atomic E-state index is 13.6. The summed E-state index contributed by atoms with van der Waals surface area (Å²) in [5, 5.41) is 12.0. The second-order valence-corrected chi connectivity index (χ2v) is 4.40. The van der Waals surface area contributed by atoms with Crippen molar-refractivity contribution in [1.29, 1.82) is 0 Å². The molecular weight excluding hydrogens is 285 g/mol. The minimum Gasteiger partial charge on any atom is -0.508 e. The van der Waals surface area contributed by atoms with E-state index in [1.54, 1.807) is 12.1 Å². The summed E-state index contributed by atoms with van der Waals surface area (Å²) >= 11 is 5.84. The Hall–Kier alpha value is -2.27. The van der Waals surface area contributed by atoms with Gasteiger partial charge >= 0.3 is 0 Å². The average Bonchev–Trinajstić information content (AvgIpc) is 2.38. The summed E-state index contributed by atoms with van der Waals surface area (Å²) < 4.78 is 18.7. The number of carbonyl (C=O) groups is 1. The van der Waals surface area contributed by atoms with Crippen molar-refractivity contribution in [2.75, 3.05) is 12.4 Å². The Balaban J connectivity index is 2.30. The zero-order chi connectivity index (χ0) is 14.7. The molecular formula is C14H11ClFNO3. The third kappa shape index (κ3) is 3.00. The summed E-state index contributed by atoms with van der Waals surface area (Å²) in [6.45, 7) is 0. The number of halogens is 2. The molecule has 0 aliphatic carbocycles. The highest BCUT2D eigenvalue weighted by Crippen LogP contribution is 2.28. The summed E-state index contributed by atoms with van der Waals surface area (Å²) in [6.07, 6.45) is 0. The van der Waals surface area contributed by atoms with Crippen LogP contribution < -0.4 is 10.1 Å². The van der Waals surface area contributed by atoms with Gasteiger partial charge in [-0.25, -0.2) is 4.39 Å².